The number of amides is 1. The van der Waals surface area contributed by atoms with E-state index in [2.05, 4.69) is 20.8 Å². The summed E-state index contributed by atoms with van der Waals surface area (Å²) in [5.41, 5.74) is 4.60. The SMILES string of the molecule is Cc1cc(C)c(NC(=O)C2CCCN(S(=O)(=O)c3ccc(-n4cnnn4)cc3)C2)c(C)c1. The molecule has 1 amide bonds. The third-order valence-electron chi connectivity index (χ3n) is 5.77. The molecule has 1 fully saturated rings. The summed E-state index contributed by atoms with van der Waals surface area (Å²) in [5, 5.41) is 14.0. The second-order valence-corrected chi connectivity index (χ2v) is 10.2. The molecule has 1 aromatic heterocycles. The van der Waals surface area contributed by atoms with Gasteiger partial charge in [0.05, 0.1) is 16.5 Å². The van der Waals surface area contributed by atoms with E-state index in [9.17, 15) is 13.2 Å². The van der Waals surface area contributed by atoms with Crippen LogP contribution in [0.3, 0.4) is 0 Å². The number of rotatable bonds is 5. The van der Waals surface area contributed by atoms with Crippen molar-refractivity contribution < 1.29 is 13.2 Å². The quantitative estimate of drug-likeness (QED) is 0.635. The number of tetrazole rings is 1. The number of sulfonamides is 1. The summed E-state index contributed by atoms with van der Waals surface area (Å²) in [6.45, 7) is 6.50. The number of benzene rings is 2. The zero-order valence-electron chi connectivity index (χ0n) is 18.3. The van der Waals surface area contributed by atoms with Gasteiger partial charge in [0, 0.05) is 18.8 Å². The van der Waals surface area contributed by atoms with Gasteiger partial charge in [-0.1, -0.05) is 17.7 Å². The normalized spacial score (nSPS) is 17.3. The van der Waals surface area contributed by atoms with Crippen LogP contribution >= 0.6 is 0 Å². The van der Waals surface area contributed by atoms with Crippen LogP contribution in [0.1, 0.15) is 29.5 Å². The highest BCUT2D eigenvalue weighted by Crippen LogP contribution is 2.27. The van der Waals surface area contributed by atoms with E-state index < -0.39 is 15.9 Å². The van der Waals surface area contributed by atoms with Crippen LogP contribution in [0.15, 0.2) is 47.6 Å². The van der Waals surface area contributed by atoms with E-state index in [1.807, 2.05) is 32.9 Å². The van der Waals surface area contributed by atoms with Crippen molar-refractivity contribution in [3.63, 3.8) is 0 Å². The first-order valence-corrected chi connectivity index (χ1v) is 11.9. The maximum absolute atomic E-state index is 13.2. The zero-order valence-corrected chi connectivity index (χ0v) is 19.1. The van der Waals surface area contributed by atoms with Crippen LogP contribution in [0, 0.1) is 26.7 Å². The Kier molecular flexibility index (Phi) is 6.07. The number of nitrogens with zero attached hydrogens (tertiary/aromatic N) is 5. The first kappa shape index (κ1) is 22.1. The number of anilines is 1. The van der Waals surface area contributed by atoms with Crippen LogP contribution < -0.4 is 5.32 Å². The minimum atomic E-state index is -3.72. The lowest BCUT2D eigenvalue weighted by atomic mass is 9.98. The van der Waals surface area contributed by atoms with Crippen molar-refractivity contribution >= 4 is 21.6 Å². The van der Waals surface area contributed by atoms with Crippen LogP contribution in [0.4, 0.5) is 5.69 Å². The van der Waals surface area contributed by atoms with E-state index in [4.69, 9.17) is 0 Å². The molecule has 32 heavy (non-hydrogen) atoms. The maximum Gasteiger partial charge on any atom is 0.243 e. The summed E-state index contributed by atoms with van der Waals surface area (Å²) in [5.74, 6) is -0.548. The van der Waals surface area contributed by atoms with Gasteiger partial charge >= 0.3 is 0 Å². The molecule has 0 radical (unpaired) electrons. The molecule has 0 saturated carbocycles. The summed E-state index contributed by atoms with van der Waals surface area (Å²) in [7, 11) is -3.72. The smallest absolute Gasteiger partial charge is 0.243 e. The van der Waals surface area contributed by atoms with Gasteiger partial charge in [0.25, 0.3) is 0 Å². The Labute approximate surface area is 187 Å². The average molecular weight is 455 g/mol. The highest BCUT2D eigenvalue weighted by molar-refractivity contribution is 7.89. The number of aromatic nitrogens is 4. The van der Waals surface area contributed by atoms with Crippen LogP contribution in [0.5, 0.6) is 0 Å². The summed E-state index contributed by atoms with van der Waals surface area (Å²) >= 11 is 0. The second-order valence-electron chi connectivity index (χ2n) is 8.21. The van der Waals surface area contributed by atoms with E-state index in [0.717, 1.165) is 22.4 Å². The van der Waals surface area contributed by atoms with Crippen molar-refractivity contribution in [3.05, 3.63) is 59.4 Å². The summed E-state index contributed by atoms with van der Waals surface area (Å²) < 4.78 is 29.3. The Hall–Kier alpha value is -3.11. The molecule has 1 atom stereocenters. The third-order valence-corrected chi connectivity index (χ3v) is 7.65. The predicted molar refractivity (Wildman–Crippen MR) is 120 cm³/mol. The molecule has 1 N–H and O–H groups in total. The first-order chi connectivity index (χ1) is 15.3. The molecule has 2 aromatic carbocycles. The fraction of sp³-hybridized carbons (Fsp3) is 0.364. The topological polar surface area (TPSA) is 110 Å². The fourth-order valence-corrected chi connectivity index (χ4v) is 5.70. The summed E-state index contributed by atoms with van der Waals surface area (Å²) in [4.78, 5) is 13.2. The molecule has 4 rings (SSSR count). The number of hydrogen-bond acceptors (Lipinski definition) is 6. The van der Waals surface area contributed by atoms with Gasteiger partial charge < -0.3 is 5.32 Å². The molecule has 0 aliphatic carbocycles. The Morgan fingerprint density at radius 3 is 2.41 bits per heavy atom. The summed E-state index contributed by atoms with van der Waals surface area (Å²) in [6, 6.07) is 10.4. The van der Waals surface area contributed by atoms with Crippen LogP contribution in [0.25, 0.3) is 5.69 Å². The second kappa shape index (κ2) is 8.79. The number of piperidine rings is 1. The average Bonchev–Trinajstić information content (AvgIpc) is 3.31. The van der Waals surface area contributed by atoms with Crippen molar-refractivity contribution in [1.29, 1.82) is 0 Å². The molecule has 168 valence electrons. The molecule has 3 aromatic rings. The van der Waals surface area contributed by atoms with Gasteiger partial charge in [-0.2, -0.15) is 4.31 Å². The molecular weight excluding hydrogens is 428 g/mol. The van der Waals surface area contributed by atoms with Gasteiger partial charge in [-0.25, -0.2) is 13.1 Å². The Bertz CT molecular complexity index is 1200. The Balaban J connectivity index is 1.49. The lowest BCUT2D eigenvalue weighted by molar-refractivity contribution is -0.120. The first-order valence-electron chi connectivity index (χ1n) is 10.5. The fourth-order valence-electron chi connectivity index (χ4n) is 4.18. The number of carbonyl (C=O) groups is 1. The highest BCUT2D eigenvalue weighted by atomic mass is 32.2. The van der Waals surface area contributed by atoms with Gasteiger partial charge in [-0.05, 0) is 79.4 Å². The minimum Gasteiger partial charge on any atom is -0.325 e. The molecule has 0 spiro atoms. The van der Waals surface area contributed by atoms with Crippen LogP contribution in [-0.4, -0.2) is 51.9 Å². The number of nitrogens with one attached hydrogen (secondary N) is 1. The molecular formula is C22H26N6O3S. The van der Waals surface area contributed by atoms with E-state index in [0.29, 0.717) is 25.1 Å². The molecule has 1 saturated heterocycles. The Morgan fingerprint density at radius 1 is 1.09 bits per heavy atom. The van der Waals surface area contributed by atoms with Gasteiger partial charge in [-0.3, -0.25) is 4.79 Å². The minimum absolute atomic E-state index is 0.144. The van der Waals surface area contributed by atoms with E-state index in [1.165, 1.54) is 27.4 Å². The van der Waals surface area contributed by atoms with Crippen molar-refractivity contribution in [1.82, 2.24) is 24.5 Å². The van der Waals surface area contributed by atoms with Gasteiger partial charge in [0.2, 0.25) is 15.9 Å². The third kappa shape index (κ3) is 4.42. The zero-order chi connectivity index (χ0) is 22.9. The van der Waals surface area contributed by atoms with Crippen molar-refractivity contribution in [2.75, 3.05) is 18.4 Å². The van der Waals surface area contributed by atoms with Gasteiger partial charge in [0.15, 0.2) is 0 Å². The van der Waals surface area contributed by atoms with Gasteiger partial charge in [-0.15, -0.1) is 5.10 Å². The predicted octanol–water partition coefficient (Wildman–Crippen LogP) is 2.63. The molecule has 1 aliphatic rings. The monoisotopic (exact) mass is 454 g/mol. The molecule has 2 heterocycles. The summed E-state index contributed by atoms with van der Waals surface area (Å²) in [6.07, 6.45) is 2.72. The van der Waals surface area contributed by atoms with Crippen molar-refractivity contribution in [3.8, 4) is 5.69 Å². The number of hydrogen-bond donors (Lipinski definition) is 1. The Morgan fingerprint density at radius 2 is 1.78 bits per heavy atom. The lowest BCUT2D eigenvalue weighted by Crippen LogP contribution is -2.43. The molecule has 0 bridgehead atoms. The van der Waals surface area contributed by atoms with Crippen molar-refractivity contribution in [2.24, 2.45) is 5.92 Å². The number of carbonyl (C=O) groups excluding carboxylic acids is 1. The van der Waals surface area contributed by atoms with Gasteiger partial charge in [0.1, 0.15) is 6.33 Å². The standard InChI is InChI=1S/C22H26N6O3S/c1-15-11-16(2)21(17(3)12-15)24-22(29)18-5-4-10-27(13-18)32(30,31)20-8-6-19(7-9-20)28-14-23-25-26-28/h6-9,11-12,14,18H,4-5,10,13H2,1-3H3,(H,24,29). The highest BCUT2D eigenvalue weighted by Gasteiger charge is 2.33. The maximum atomic E-state index is 13.2. The lowest BCUT2D eigenvalue weighted by Gasteiger charge is -2.31. The number of aryl methyl sites for hydroxylation is 3. The van der Waals surface area contributed by atoms with Crippen molar-refractivity contribution in [2.45, 2.75) is 38.5 Å². The van der Waals surface area contributed by atoms with Crippen LogP contribution in [-0.2, 0) is 14.8 Å². The molecule has 1 unspecified atom stereocenters. The van der Waals surface area contributed by atoms with Crippen LogP contribution in [0.2, 0.25) is 0 Å². The van der Waals surface area contributed by atoms with E-state index in [-0.39, 0.29) is 17.3 Å². The largest absolute Gasteiger partial charge is 0.325 e. The molecule has 9 nitrogen and oxygen atoms in total. The molecule has 1 aliphatic heterocycles. The van der Waals surface area contributed by atoms with E-state index in [1.54, 1.807) is 12.1 Å². The molecule has 10 heteroatoms. The van der Waals surface area contributed by atoms with E-state index >= 15 is 0 Å².